The van der Waals surface area contributed by atoms with Gasteiger partial charge in [-0.25, -0.2) is 0 Å². The molecular weight excluding hydrogens is 258 g/mol. The second-order valence-electron chi connectivity index (χ2n) is 5.65. The third-order valence-corrected chi connectivity index (χ3v) is 5.47. The molecule has 0 spiro atoms. The van der Waals surface area contributed by atoms with Gasteiger partial charge in [-0.3, -0.25) is 0 Å². The first-order valence-electron chi connectivity index (χ1n) is 6.93. The van der Waals surface area contributed by atoms with Crippen molar-refractivity contribution in [2.75, 3.05) is 13.1 Å². The van der Waals surface area contributed by atoms with Crippen LogP contribution < -0.4 is 5.32 Å². The molecule has 0 unspecified atom stereocenters. The Morgan fingerprint density at radius 3 is 3.42 bits per heavy atom. The van der Waals surface area contributed by atoms with E-state index >= 15 is 0 Å². The molecule has 1 saturated carbocycles. The maximum Gasteiger partial charge on any atom is 0.234 e. The van der Waals surface area contributed by atoms with Crippen molar-refractivity contribution in [2.24, 2.45) is 5.92 Å². The summed E-state index contributed by atoms with van der Waals surface area (Å²) in [7, 11) is 0. The van der Waals surface area contributed by atoms with E-state index in [2.05, 4.69) is 33.0 Å². The van der Waals surface area contributed by atoms with E-state index in [1.54, 1.807) is 11.3 Å². The molecule has 2 fully saturated rings. The van der Waals surface area contributed by atoms with E-state index in [-0.39, 0.29) is 5.41 Å². The molecule has 0 aromatic carbocycles. The van der Waals surface area contributed by atoms with E-state index in [0.29, 0.717) is 5.92 Å². The van der Waals surface area contributed by atoms with Gasteiger partial charge < -0.3 is 9.84 Å². The predicted molar refractivity (Wildman–Crippen MR) is 73.3 cm³/mol. The number of rotatable bonds is 3. The number of nitrogens with one attached hydrogen (secondary N) is 1. The molecule has 0 radical (unpaired) electrons. The Hall–Kier alpha value is -1.20. The molecule has 1 saturated heterocycles. The average Bonchev–Trinajstić information content (AvgIpc) is 3.12. The molecule has 2 aliphatic rings. The highest BCUT2D eigenvalue weighted by atomic mass is 32.1. The summed E-state index contributed by atoms with van der Waals surface area (Å²) in [6.45, 7) is 2.10. The van der Waals surface area contributed by atoms with Gasteiger partial charge in [0.15, 0.2) is 5.82 Å². The minimum Gasteiger partial charge on any atom is -0.339 e. The van der Waals surface area contributed by atoms with Gasteiger partial charge in [0.25, 0.3) is 0 Å². The van der Waals surface area contributed by atoms with Crippen LogP contribution in [0.3, 0.4) is 0 Å². The van der Waals surface area contributed by atoms with Gasteiger partial charge in [0.05, 0.1) is 5.41 Å². The molecule has 1 aliphatic heterocycles. The molecule has 1 N–H and O–H groups in total. The van der Waals surface area contributed by atoms with E-state index in [4.69, 9.17) is 4.52 Å². The van der Waals surface area contributed by atoms with Gasteiger partial charge in [0.2, 0.25) is 5.89 Å². The number of thiophene rings is 1. The molecule has 4 rings (SSSR count). The van der Waals surface area contributed by atoms with Crippen molar-refractivity contribution in [1.82, 2.24) is 15.5 Å². The summed E-state index contributed by atoms with van der Waals surface area (Å²) >= 11 is 1.74. The third-order valence-electron chi connectivity index (χ3n) is 4.59. The van der Waals surface area contributed by atoms with Gasteiger partial charge in [0, 0.05) is 17.8 Å². The normalized spacial score (nSPS) is 29.8. The van der Waals surface area contributed by atoms with Gasteiger partial charge in [-0.1, -0.05) is 17.6 Å². The zero-order valence-corrected chi connectivity index (χ0v) is 11.6. The van der Waals surface area contributed by atoms with Crippen molar-refractivity contribution in [3.05, 3.63) is 34.1 Å². The lowest BCUT2D eigenvalue weighted by Crippen LogP contribution is -2.31. The van der Waals surface area contributed by atoms with Crippen LogP contribution in [0.5, 0.6) is 0 Å². The van der Waals surface area contributed by atoms with E-state index in [1.165, 1.54) is 24.1 Å². The summed E-state index contributed by atoms with van der Waals surface area (Å²) in [5.41, 5.74) is 0.126. The maximum absolute atomic E-state index is 5.61. The van der Waals surface area contributed by atoms with Crippen LogP contribution >= 0.6 is 11.3 Å². The number of fused-ring (bicyclic) bond motifs is 1. The van der Waals surface area contributed by atoms with Gasteiger partial charge in [-0.05, 0) is 36.8 Å². The predicted octanol–water partition coefficient (Wildman–Crippen LogP) is 2.36. The lowest BCUT2D eigenvalue weighted by molar-refractivity contribution is 0.264. The summed E-state index contributed by atoms with van der Waals surface area (Å²) in [4.78, 5) is 5.98. The number of nitrogens with zero attached hydrogens (tertiary/aromatic N) is 2. The Morgan fingerprint density at radius 1 is 1.53 bits per heavy atom. The maximum atomic E-state index is 5.61. The number of hydrogen-bond donors (Lipinski definition) is 1. The molecule has 2 aromatic rings. The Morgan fingerprint density at radius 2 is 2.53 bits per heavy atom. The van der Waals surface area contributed by atoms with Crippen LogP contribution in [0.2, 0.25) is 0 Å². The SMILES string of the molecule is c1csc(Cc2noc([C@@]34CCC[C@@H]3CNC4)n2)c1. The van der Waals surface area contributed by atoms with Crippen LogP contribution in [0, 0.1) is 5.92 Å². The molecule has 0 bridgehead atoms. The molecule has 5 heteroatoms. The van der Waals surface area contributed by atoms with E-state index in [9.17, 15) is 0 Å². The molecule has 4 nitrogen and oxygen atoms in total. The first-order valence-corrected chi connectivity index (χ1v) is 7.81. The topological polar surface area (TPSA) is 51.0 Å². The van der Waals surface area contributed by atoms with Gasteiger partial charge in [-0.15, -0.1) is 11.3 Å². The van der Waals surface area contributed by atoms with Crippen molar-refractivity contribution in [3.8, 4) is 0 Å². The molecule has 100 valence electrons. The summed E-state index contributed by atoms with van der Waals surface area (Å²) in [6, 6.07) is 4.18. The quantitative estimate of drug-likeness (QED) is 0.934. The van der Waals surface area contributed by atoms with Crippen molar-refractivity contribution >= 4 is 11.3 Å². The highest BCUT2D eigenvalue weighted by Crippen LogP contribution is 2.47. The fourth-order valence-electron chi connectivity index (χ4n) is 3.60. The zero-order chi connectivity index (χ0) is 12.7. The van der Waals surface area contributed by atoms with Crippen molar-refractivity contribution in [1.29, 1.82) is 0 Å². The lowest BCUT2D eigenvalue weighted by Gasteiger charge is -2.22. The lowest BCUT2D eigenvalue weighted by atomic mass is 9.80. The van der Waals surface area contributed by atoms with Gasteiger partial charge >= 0.3 is 0 Å². The standard InChI is InChI=1S/C14H17N3OS/c1-3-10-8-15-9-14(10,5-1)13-16-12(17-18-13)7-11-4-2-6-19-11/h2,4,6,10,15H,1,3,5,7-9H2/t10-,14-/m1/s1. The van der Waals surface area contributed by atoms with E-state index in [0.717, 1.165) is 31.2 Å². The Balaban J connectivity index is 1.61. The molecule has 0 amide bonds. The fourth-order valence-corrected chi connectivity index (χ4v) is 4.30. The van der Waals surface area contributed by atoms with E-state index < -0.39 is 0 Å². The number of aromatic nitrogens is 2. The molecule has 2 atom stereocenters. The number of hydrogen-bond acceptors (Lipinski definition) is 5. The molecule has 2 aromatic heterocycles. The van der Waals surface area contributed by atoms with Crippen LogP contribution in [-0.2, 0) is 11.8 Å². The van der Waals surface area contributed by atoms with Crippen LogP contribution in [0.1, 0.15) is 35.9 Å². The summed E-state index contributed by atoms with van der Waals surface area (Å²) in [6.07, 6.45) is 4.55. The summed E-state index contributed by atoms with van der Waals surface area (Å²) < 4.78 is 5.61. The van der Waals surface area contributed by atoms with Crippen molar-refractivity contribution < 1.29 is 4.52 Å². The summed E-state index contributed by atoms with van der Waals surface area (Å²) in [5.74, 6) is 2.37. The second-order valence-corrected chi connectivity index (χ2v) is 6.68. The minimum atomic E-state index is 0.126. The van der Waals surface area contributed by atoms with Crippen LogP contribution in [0.15, 0.2) is 22.0 Å². The third kappa shape index (κ3) is 1.83. The highest BCUT2D eigenvalue weighted by molar-refractivity contribution is 7.09. The average molecular weight is 275 g/mol. The Bertz CT molecular complexity index is 553. The first kappa shape index (κ1) is 11.6. The molecular formula is C14H17N3OS. The summed E-state index contributed by atoms with van der Waals surface area (Å²) in [5, 5.41) is 9.76. The fraction of sp³-hybridized carbons (Fsp3) is 0.571. The Kier molecular flexibility index (Phi) is 2.70. The smallest absolute Gasteiger partial charge is 0.234 e. The monoisotopic (exact) mass is 275 g/mol. The van der Waals surface area contributed by atoms with Crippen LogP contribution in [-0.4, -0.2) is 23.2 Å². The zero-order valence-electron chi connectivity index (χ0n) is 10.8. The van der Waals surface area contributed by atoms with Crippen molar-refractivity contribution in [3.63, 3.8) is 0 Å². The Labute approximate surface area is 116 Å². The van der Waals surface area contributed by atoms with Gasteiger partial charge in [0.1, 0.15) is 0 Å². The highest BCUT2D eigenvalue weighted by Gasteiger charge is 2.51. The van der Waals surface area contributed by atoms with E-state index in [1.807, 2.05) is 0 Å². The van der Waals surface area contributed by atoms with Crippen LogP contribution in [0.4, 0.5) is 0 Å². The molecule has 1 aliphatic carbocycles. The first-order chi connectivity index (χ1) is 9.37. The van der Waals surface area contributed by atoms with Crippen molar-refractivity contribution in [2.45, 2.75) is 31.1 Å². The minimum absolute atomic E-state index is 0.126. The molecule has 3 heterocycles. The van der Waals surface area contributed by atoms with Crippen LogP contribution in [0.25, 0.3) is 0 Å². The largest absolute Gasteiger partial charge is 0.339 e. The van der Waals surface area contributed by atoms with Gasteiger partial charge in [-0.2, -0.15) is 4.98 Å². The molecule has 19 heavy (non-hydrogen) atoms. The second kappa shape index (κ2) is 4.42.